The zero-order valence-corrected chi connectivity index (χ0v) is 7.43. The molecule has 2 aliphatic rings. The summed E-state index contributed by atoms with van der Waals surface area (Å²) >= 11 is 0. The van der Waals surface area contributed by atoms with Gasteiger partial charge in [-0.15, -0.1) is 6.58 Å². The van der Waals surface area contributed by atoms with Gasteiger partial charge in [-0.25, -0.2) is 0 Å². The van der Waals surface area contributed by atoms with E-state index in [1.807, 2.05) is 0 Å². The van der Waals surface area contributed by atoms with Gasteiger partial charge in [0.2, 0.25) is 0 Å². The fourth-order valence-electron chi connectivity index (χ4n) is 2.80. The van der Waals surface area contributed by atoms with Crippen LogP contribution in [0.3, 0.4) is 0 Å². The third-order valence-electron chi connectivity index (χ3n) is 3.71. The Balaban J connectivity index is 2.30. The molecule has 0 heteroatoms. The van der Waals surface area contributed by atoms with Crippen molar-refractivity contribution in [1.29, 1.82) is 0 Å². The lowest BCUT2D eigenvalue weighted by Crippen LogP contribution is -2.09. The molecule has 0 radical (unpaired) electrons. The highest BCUT2D eigenvalue weighted by molar-refractivity contribution is 5.28. The highest BCUT2D eigenvalue weighted by atomic mass is 14.4. The Labute approximate surface area is 69.0 Å². The van der Waals surface area contributed by atoms with Crippen LogP contribution in [-0.4, -0.2) is 0 Å². The highest BCUT2D eigenvalue weighted by Crippen LogP contribution is 2.51. The fourth-order valence-corrected chi connectivity index (χ4v) is 2.80. The van der Waals surface area contributed by atoms with Crippen LogP contribution in [0.25, 0.3) is 0 Å². The minimum absolute atomic E-state index is 0.795. The van der Waals surface area contributed by atoms with E-state index in [0.29, 0.717) is 0 Å². The minimum Gasteiger partial charge on any atom is -0.103 e. The maximum absolute atomic E-state index is 3.90. The van der Waals surface area contributed by atoms with Crippen molar-refractivity contribution in [3.63, 3.8) is 0 Å². The van der Waals surface area contributed by atoms with Crippen molar-refractivity contribution < 1.29 is 0 Å². The summed E-state index contributed by atoms with van der Waals surface area (Å²) in [5.74, 6) is 2.56. The molecule has 0 saturated heterocycles. The zero-order chi connectivity index (χ0) is 8.01. The number of hydrogen-bond donors (Lipinski definition) is 0. The van der Waals surface area contributed by atoms with Gasteiger partial charge in [0.1, 0.15) is 0 Å². The lowest BCUT2D eigenvalue weighted by molar-refractivity contribution is 0.516. The van der Waals surface area contributed by atoms with Crippen LogP contribution in [0.2, 0.25) is 0 Å². The van der Waals surface area contributed by atoms with E-state index in [9.17, 15) is 0 Å². The smallest absolute Gasteiger partial charge is 0.0135 e. The van der Waals surface area contributed by atoms with Crippen molar-refractivity contribution in [3.05, 3.63) is 23.8 Å². The predicted molar refractivity (Wildman–Crippen MR) is 48.3 cm³/mol. The van der Waals surface area contributed by atoms with Crippen LogP contribution in [0.4, 0.5) is 0 Å². The minimum atomic E-state index is 0.795. The molecule has 11 heavy (non-hydrogen) atoms. The quantitative estimate of drug-likeness (QED) is 0.501. The molecule has 0 heterocycles. The van der Waals surface area contributed by atoms with Crippen LogP contribution in [0, 0.1) is 17.8 Å². The van der Waals surface area contributed by atoms with Crippen molar-refractivity contribution >= 4 is 0 Å². The monoisotopic (exact) mass is 148 g/mol. The Kier molecular flexibility index (Phi) is 1.45. The van der Waals surface area contributed by atoms with E-state index in [1.165, 1.54) is 12.8 Å². The molecule has 1 saturated carbocycles. The maximum Gasteiger partial charge on any atom is -0.0135 e. The molecule has 0 amide bonds. The topological polar surface area (TPSA) is 0 Å². The maximum atomic E-state index is 3.90. The average molecular weight is 148 g/mol. The third-order valence-corrected chi connectivity index (χ3v) is 3.71. The summed E-state index contributed by atoms with van der Waals surface area (Å²) in [5.41, 5.74) is 3.33. The van der Waals surface area contributed by atoms with E-state index in [1.54, 1.807) is 11.1 Å². The fraction of sp³-hybridized carbons (Fsp3) is 0.636. The van der Waals surface area contributed by atoms with Crippen LogP contribution in [0.5, 0.6) is 0 Å². The first-order chi connectivity index (χ1) is 5.24. The van der Waals surface area contributed by atoms with E-state index in [-0.39, 0.29) is 0 Å². The third kappa shape index (κ3) is 0.817. The summed E-state index contributed by atoms with van der Waals surface area (Å²) in [6.07, 6.45) is 4.94. The summed E-state index contributed by atoms with van der Waals surface area (Å²) in [6, 6.07) is 0. The van der Waals surface area contributed by atoms with Crippen LogP contribution in [0.15, 0.2) is 23.8 Å². The van der Waals surface area contributed by atoms with Gasteiger partial charge < -0.3 is 0 Å². The van der Waals surface area contributed by atoms with E-state index in [2.05, 4.69) is 26.5 Å². The van der Waals surface area contributed by atoms with Crippen molar-refractivity contribution in [1.82, 2.24) is 0 Å². The lowest BCUT2D eigenvalue weighted by atomic mass is 9.85. The largest absolute Gasteiger partial charge is 0.103 e. The Morgan fingerprint density at radius 3 is 2.45 bits per heavy atom. The summed E-state index contributed by atoms with van der Waals surface area (Å²) in [7, 11) is 0. The second-order valence-electron chi connectivity index (χ2n) is 4.04. The van der Waals surface area contributed by atoms with E-state index < -0.39 is 0 Å². The molecule has 1 fully saturated rings. The average Bonchev–Trinajstić information content (AvgIpc) is 2.53. The molecule has 2 bridgehead atoms. The van der Waals surface area contributed by atoms with Gasteiger partial charge in [0.25, 0.3) is 0 Å². The van der Waals surface area contributed by atoms with E-state index in [0.717, 1.165) is 17.8 Å². The van der Waals surface area contributed by atoms with Gasteiger partial charge in [0.05, 0.1) is 0 Å². The molecular formula is C11H16. The van der Waals surface area contributed by atoms with Crippen molar-refractivity contribution in [2.24, 2.45) is 17.8 Å². The molecule has 0 aromatic rings. The van der Waals surface area contributed by atoms with Gasteiger partial charge in [0.15, 0.2) is 0 Å². The number of hydrogen-bond acceptors (Lipinski definition) is 0. The van der Waals surface area contributed by atoms with Crippen LogP contribution in [0.1, 0.15) is 26.7 Å². The highest BCUT2D eigenvalue weighted by Gasteiger charge is 2.40. The number of fused-ring (bicyclic) bond motifs is 2. The molecule has 2 rings (SSSR count). The normalized spacial score (nSPS) is 41.8. The second-order valence-corrected chi connectivity index (χ2v) is 4.04. The molecule has 0 aliphatic heterocycles. The Hall–Kier alpha value is -0.520. The zero-order valence-electron chi connectivity index (χ0n) is 7.43. The van der Waals surface area contributed by atoms with Gasteiger partial charge >= 0.3 is 0 Å². The second kappa shape index (κ2) is 2.23. The predicted octanol–water partition coefficient (Wildman–Crippen LogP) is 3.16. The van der Waals surface area contributed by atoms with Crippen LogP contribution >= 0.6 is 0 Å². The SMILES string of the molecule is C=CC1CC2CC1C(C)=C2C. The van der Waals surface area contributed by atoms with Gasteiger partial charge in [-0.3, -0.25) is 0 Å². The van der Waals surface area contributed by atoms with Crippen LogP contribution < -0.4 is 0 Å². The first-order valence-electron chi connectivity index (χ1n) is 4.54. The number of rotatable bonds is 1. The molecule has 0 spiro atoms. The van der Waals surface area contributed by atoms with Crippen molar-refractivity contribution in [2.75, 3.05) is 0 Å². The lowest BCUT2D eigenvalue weighted by Gasteiger charge is -2.20. The molecule has 3 atom stereocenters. The summed E-state index contributed by atoms with van der Waals surface area (Å²) < 4.78 is 0. The first-order valence-corrected chi connectivity index (χ1v) is 4.54. The van der Waals surface area contributed by atoms with Gasteiger partial charge in [0, 0.05) is 0 Å². The molecule has 0 nitrogen and oxygen atoms in total. The number of allylic oxidation sites excluding steroid dienone is 3. The molecule has 60 valence electrons. The van der Waals surface area contributed by atoms with Gasteiger partial charge in [-0.2, -0.15) is 0 Å². The Bertz CT molecular complexity index is 222. The molecule has 0 aromatic carbocycles. The summed E-state index contributed by atoms with van der Waals surface area (Å²) in [4.78, 5) is 0. The standard InChI is InChI=1S/C11H16/c1-4-9-5-10-6-11(9)8(3)7(10)2/h4,9-11H,1,5-6H2,2-3H3. The van der Waals surface area contributed by atoms with Crippen molar-refractivity contribution in [3.8, 4) is 0 Å². The van der Waals surface area contributed by atoms with Crippen molar-refractivity contribution in [2.45, 2.75) is 26.7 Å². The summed E-state index contributed by atoms with van der Waals surface area (Å²) in [5, 5.41) is 0. The molecule has 2 aliphatic carbocycles. The molecular weight excluding hydrogens is 132 g/mol. The first kappa shape index (κ1) is 7.15. The molecule has 0 aromatic heterocycles. The molecule has 0 N–H and O–H groups in total. The van der Waals surface area contributed by atoms with Gasteiger partial charge in [-0.1, -0.05) is 17.2 Å². The Morgan fingerprint density at radius 1 is 1.27 bits per heavy atom. The molecule has 3 unspecified atom stereocenters. The summed E-state index contributed by atoms with van der Waals surface area (Å²) in [6.45, 7) is 8.50. The van der Waals surface area contributed by atoms with Gasteiger partial charge in [-0.05, 0) is 44.4 Å². The van der Waals surface area contributed by atoms with E-state index in [4.69, 9.17) is 0 Å². The van der Waals surface area contributed by atoms with Crippen LogP contribution in [-0.2, 0) is 0 Å². The van der Waals surface area contributed by atoms with E-state index >= 15 is 0 Å². The Morgan fingerprint density at radius 2 is 2.00 bits per heavy atom.